The second kappa shape index (κ2) is 5.81. The third-order valence-electron chi connectivity index (χ3n) is 2.90. The maximum atomic E-state index is 10.9. The molecule has 0 saturated carbocycles. The average molecular weight is 323 g/mol. The number of nitrogens with two attached hydrogens (primary N) is 1. The molecule has 1 unspecified atom stereocenters. The Morgan fingerprint density at radius 3 is 2.67 bits per heavy atom. The molecule has 1 aliphatic heterocycles. The van der Waals surface area contributed by atoms with Crippen molar-refractivity contribution in [3.05, 3.63) is 17.7 Å². The van der Waals surface area contributed by atoms with E-state index in [4.69, 9.17) is 20.3 Å². The lowest BCUT2D eigenvalue weighted by Gasteiger charge is -2.14. The molecule has 1 saturated heterocycles. The molecule has 0 radical (unpaired) electrons. The van der Waals surface area contributed by atoms with Crippen LogP contribution in [0, 0.1) is 0 Å². The number of carbonyl (C=O) groups is 1. The number of rotatable bonds is 5. The van der Waals surface area contributed by atoms with Crippen molar-refractivity contribution >= 4 is 13.7 Å². The Morgan fingerprint density at radius 2 is 2.14 bits per heavy atom. The number of phosphoric acid groups is 1. The molecule has 4 atom stereocenters. The molecule has 118 valence electrons. The Morgan fingerprint density at radius 1 is 1.48 bits per heavy atom. The Kier molecular flexibility index (Phi) is 4.44. The number of primary amides is 1. The van der Waals surface area contributed by atoms with Gasteiger partial charge in [0.15, 0.2) is 0 Å². The molecule has 2 rings (SSSR count). The first-order chi connectivity index (χ1) is 9.69. The van der Waals surface area contributed by atoms with Crippen LogP contribution in [-0.4, -0.2) is 60.8 Å². The number of hydrogen-bond acceptors (Lipinski definition) is 7. The van der Waals surface area contributed by atoms with Crippen molar-refractivity contribution in [3.8, 4) is 0 Å². The van der Waals surface area contributed by atoms with Crippen molar-refractivity contribution in [1.29, 1.82) is 0 Å². The molecular formula is C9H14N3O8P. The minimum Gasteiger partial charge on any atom is -0.387 e. The van der Waals surface area contributed by atoms with E-state index < -0.39 is 44.8 Å². The van der Waals surface area contributed by atoms with E-state index >= 15 is 0 Å². The summed E-state index contributed by atoms with van der Waals surface area (Å²) in [5, 5.41) is 19.6. The van der Waals surface area contributed by atoms with Gasteiger partial charge in [0.2, 0.25) is 0 Å². The monoisotopic (exact) mass is 323 g/mol. The number of imidazole rings is 1. The van der Waals surface area contributed by atoms with E-state index in [9.17, 15) is 19.6 Å². The van der Waals surface area contributed by atoms with E-state index in [2.05, 4.69) is 14.5 Å². The number of phosphoric ester groups is 1. The van der Waals surface area contributed by atoms with Gasteiger partial charge in [0.1, 0.15) is 35.9 Å². The fourth-order valence-corrected chi connectivity index (χ4v) is 2.23. The Balaban J connectivity index is 2.08. The second-order valence-electron chi connectivity index (χ2n) is 4.41. The number of carbonyl (C=O) groups excluding carboxylic acids is 1. The van der Waals surface area contributed by atoms with E-state index in [1.165, 1.54) is 0 Å². The fourth-order valence-electron chi connectivity index (χ4n) is 1.89. The van der Waals surface area contributed by atoms with Crippen molar-refractivity contribution in [3.63, 3.8) is 0 Å². The summed E-state index contributed by atoms with van der Waals surface area (Å²) in [6, 6.07) is 0. The summed E-state index contributed by atoms with van der Waals surface area (Å²) in [5.74, 6) is -0.711. The van der Waals surface area contributed by atoms with Gasteiger partial charge < -0.3 is 35.5 Å². The first-order valence-electron chi connectivity index (χ1n) is 5.75. The van der Waals surface area contributed by atoms with Crippen LogP contribution in [0.1, 0.15) is 22.4 Å². The van der Waals surface area contributed by atoms with E-state index in [1.54, 1.807) is 0 Å². The van der Waals surface area contributed by atoms with Gasteiger partial charge in [0.25, 0.3) is 5.91 Å². The summed E-state index contributed by atoms with van der Waals surface area (Å²) < 4.78 is 20.1. The maximum absolute atomic E-state index is 10.9. The van der Waals surface area contributed by atoms with Crippen LogP contribution in [0.15, 0.2) is 6.20 Å². The highest BCUT2D eigenvalue weighted by Gasteiger charge is 2.45. The molecule has 0 aliphatic carbocycles. The molecule has 0 spiro atoms. The normalized spacial score (nSPS) is 29.7. The molecule has 7 N–H and O–H groups in total. The number of amides is 1. The lowest BCUT2D eigenvalue weighted by atomic mass is 10.1. The predicted octanol–water partition coefficient (Wildman–Crippen LogP) is -2.22. The van der Waals surface area contributed by atoms with Gasteiger partial charge in [-0.3, -0.25) is 9.32 Å². The minimum absolute atomic E-state index is 0.00907. The average Bonchev–Trinajstić information content (AvgIpc) is 2.94. The first-order valence-corrected chi connectivity index (χ1v) is 7.28. The number of hydrogen-bond donors (Lipinski definition) is 6. The number of nitrogens with one attached hydrogen (secondary N) is 1. The smallest absolute Gasteiger partial charge is 0.387 e. The molecule has 0 aromatic carbocycles. The Hall–Kier alpha value is -1.33. The number of H-pyrrole nitrogens is 1. The van der Waals surface area contributed by atoms with Crippen LogP contribution in [-0.2, 0) is 13.8 Å². The lowest BCUT2D eigenvalue weighted by Crippen LogP contribution is -2.33. The summed E-state index contributed by atoms with van der Waals surface area (Å²) in [6.45, 7) is -0.623. The number of nitrogens with zero attached hydrogens (tertiary/aromatic N) is 1. The van der Waals surface area contributed by atoms with Crippen LogP contribution in [0.5, 0.6) is 0 Å². The summed E-state index contributed by atoms with van der Waals surface area (Å²) in [4.78, 5) is 34.5. The second-order valence-corrected chi connectivity index (χ2v) is 5.65. The van der Waals surface area contributed by atoms with Gasteiger partial charge in [-0.2, -0.15) is 0 Å². The molecule has 21 heavy (non-hydrogen) atoms. The topological polar surface area (TPSA) is 188 Å². The standard InChI is InChI=1S/C9H14N3O8P/c10-8(15)3-1-11-9(12-3)7-6(14)5(13)4(20-7)2-19-21(16,17)18/h1,4-7,13-14H,2H2,(H2,10,15)(H,11,12)(H2,16,17,18)/t4-,5-,6-,7?/m1/s1. The highest BCUT2D eigenvalue weighted by Crippen LogP contribution is 2.39. The zero-order valence-electron chi connectivity index (χ0n) is 10.5. The summed E-state index contributed by atoms with van der Waals surface area (Å²) in [7, 11) is -4.72. The number of aromatic amines is 1. The zero-order chi connectivity index (χ0) is 15.8. The third-order valence-corrected chi connectivity index (χ3v) is 3.39. The van der Waals surface area contributed by atoms with Gasteiger partial charge >= 0.3 is 7.82 Å². The Bertz CT molecular complexity index is 571. The van der Waals surface area contributed by atoms with E-state index in [0.717, 1.165) is 6.20 Å². The fraction of sp³-hybridized carbons (Fsp3) is 0.556. The zero-order valence-corrected chi connectivity index (χ0v) is 11.4. The molecule has 1 aromatic heterocycles. The first kappa shape index (κ1) is 16.0. The van der Waals surface area contributed by atoms with Gasteiger partial charge in [0, 0.05) is 0 Å². The molecule has 1 aliphatic rings. The highest BCUT2D eigenvalue weighted by atomic mass is 31.2. The van der Waals surface area contributed by atoms with Crippen molar-refractivity contribution < 1.29 is 38.6 Å². The van der Waals surface area contributed by atoms with Crippen molar-refractivity contribution in [1.82, 2.24) is 9.97 Å². The van der Waals surface area contributed by atoms with Crippen molar-refractivity contribution in [2.75, 3.05) is 6.61 Å². The third kappa shape index (κ3) is 3.66. The molecule has 1 amide bonds. The van der Waals surface area contributed by atoms with Gasteiger partial charge in [-0.05, 0) is 0 Å². The maximum Gasteiger partial charge on any atom is 0.469 e. The SMILES string of the molecule is NC(=O)c1cnc(C2O[C@H](COP(=O)(O)O)[C@@H](O)[C@H]2O)[nH]1. The highest BCUT2D eigenvalue weighted by molar-refractivity contribution is 7.46. The molecule has 1 aromatic rings. The van der Waals surface area contributed by atoms with Crippen LogP contribution in [0.2, 0.25) is 0 Å². The van der Waals surface area contributed by atoms with Gasteiger partial charge in [-0.25, -0.2) is 9.55 Å². The van der Waals surface area contributed by atoms with Gasteiger partial charge in [0.05, 0.1) is 12.8 Å². The molecule has 1 fully saturated rings. The predicted molar refractivity (Wildman–Crippen MR) is 64.7 cm³/mol. The number of aliphatic hydroxyl groups excluding tert-OH is 2. The minimum atomic E-state index is -4.72. The van der Waals surface area contributed by atoms with Gasteiger partial charge in [-0.15, -0.1) is 0 Å². The summed E-state index contributed by atoms with van der Waals surface area (Å²) in [6.07, 6.45) is -4.00. The van der Waals surface area contributed by atoms with Crippen LogP contribution in [0.3, 0.4) is 0 Å². The lowest BCUT2D eigenvalue weighted by molar-refractivity contribution is -0.0246. The van der Waals surface area contributed by atoms with E-state index in [-0.39, 0.29) is 11.5 Å². The van der Waals surface area contributed by atoms with Crippen molar-refractivity contribution in [2.24, 2.45) is 5.73 Å². The van der Waals surface area contributed by atoms with Crippen LogP contribution in [0.25, 0.3) is 0 Å². The summed E-state index contributed by atoms with van der Waals surface area (Å²) in [5.41, 5.74) is 5.03. The molecular weight excluding hydrogens is 309 g/mol. The number of aliphatic hydroxyl groups is 2. The summed E-state index contributed by atoms with van der Waals surface area (Å²) >= 11 is 0. The number of aromatic nitrogens is 2. The van der Waals surface area contributed by atoms with E-state index in [1.807, 2.05) is 0 Å². The van der Waals surface area contributed by atoms with E-state index in [0.29, 0.717) is 0 Å². The molecule has 2 heterocycles. The largest absolute Gasteiger partial charge is 0.469 e. The molecule has 0 bridgehead atoms. The van der Waals surface area contributed by atoms with Crippen LogP contribution in [0.4, 0.5) is 0 Å². The van der Waals surface area contributed by atoms with Crippen LogP contribution >= 0.6 is 7.82 Å². The Labute approximate surface area is 117 Å². The van der Waals surface area contributed by atoms with Crippen LogP contribution < -0.4 is 5.73 Å². The molecule has 11 nitrogen and oxygen atoms in total. The number of ether oxygens (including phenoxy) is 1. The quantitative estimate of drug-likeness (QED) is 0.326. The molecule has 12 heteroatoms. The van der Waals surface area contributed by atoms with Crippen molar-refractivity contribution in [2.45, 2.75) is 24.4 Å². The van der Waals surface area contributed by atoms with Gasteiger partial charge in [-0.1, -0.05) is 0 Å².